The van der Waals surface area contributed by atoms with E-state index in [4.69, 9.17) is 4.98 Å². The fourth-order valence-electron chi connectivity index (χ4n) is 3.71. The summed E-state index contributed by atoms with van der Waals surface area (Å²) in [4.78, 5) is 27.9. The number of nitrogens with one attached hydrogen (secondary N) is 2. The summed E-state index contributed by atoms with van der Waals surface area (Å²) in [7, 11) is -3.12. The van der Waals surface area contributed by atoms with Gasteiger partial charge in [0, 0.05) is 24.9 Å². The van der Waals surface area contributed by atoms with Crippen LogP contribution in [-0.2, 0) is 32.3 Å². The zero-order valence-corrected chi connectivity index (χ0v) is 19.2. The van der Waals surface area contributed by atoms with Crippen molar-refractivity contribution < 1.29 is 23.1 Å². The molecule has 31 heavy (non-hydrogen) atoms. The van der Waals surface area contributed by atoms with Crippen LogP contribution in [0.5, 0.6) is 0 Å². The normalized spacial score (nSPS) is 14.4. The molecule has 1 atom stereocenters. The van der Waals surface area contributed by atoms with Gasteiger partial charge in [-0.05, 0) is 50.2 Å². The molecule has 174 valence electrons. The summed E-state index contributed by atoms with van der Waals surface area (Å²) in [5.41, 5.74) is 2.41. The van der Waals surface area contributed by atoms with E-state index in [9.17, 15) is 23.1 Å². The van der Waals surface area contributed by atoms with E-state index in [0.717, 1.165) is 75.7 Å². The molecule has 1 aliphatic heterocycles. The number of hydrogen-bond donors (Lipinski definition) is 3. The average molecular weight is 454 g/mol. The van der Waals surface area contributed by atoms with Gasteiger partial charge in [0.2, 0.25) is 5.91 Å². The lowest BCUT2D eigenvalue weighted by Gasteiger charge is -2.17. The number of pyridine rings is 1. The van der Waals surface area contributed by atoms with Crippen molar-refractivity contribution in [1.29, 1.82) is 0 Å². The highest BCUT2D eigenvalue weighted by molar-refractivity contribution is 7.90. The number of aromatic nitrogens is 1. The summed E-state index contributed by atoms with van der Waals surface area (Å²) in [5, 5.41) is 15.2. The van der Waals surface area contributed by atoms with Crippen LogP contribution in [0.3, 0.4) is 0 Å². The van der Waals surface area contributed by atoms with E-state index in [1.165, 1.54) is 5.56 Å². The first-order chi connectivity index (χ1) is 14.7. The van der Waals surface area contributed by atoms with Gasteiger partial charge in [-0.3, -0.25) is 4.79 Å². The number of carbonyl (C=O) groups excluding carboxylic acids is 1. The number of aliphatic carboxylic acids is 1. The summed E-state index contributed by atoms with van der Waals surface area (Å²) in [6.45, 7) is 0.988. The number of rotatable bonds is 14. The van der Waals surface area contributed by atoms with E-state index >= 15 is 0 Å². The van der Waals surface area contributed by atoms with Crippen molar-refractivity contribution in [2.75, 3.05) is 23.9 Å². The number of carboxylic acids is 1. The molecule has 1 amide bonds. The zero-order chi connectivity index (χ0) is 22.7. The number of carbonyl (C=O) groups is 2. The van der Waals surface area contributed by atoms with Crippen LogP contribution in [0.1, 0.15) is 69.0 Å². The van der Waals surface area contributed by atoms with E-state index in [2.05, 4.69) is 22.8 Å². The van der Waals surface area contributed by atoms with Gasteiger partial charge in [-0.15, -0.1) is 0 Å². The molecule has 1 aliphatic rings. The van der Waals surface area contributed by atoms with E-state index < -0.39 is 27.8 Å². The number of sulfone groups is 1. The highest BCUT2D eigenvalue weighted by Crippen LogP contribution is 2.20. The van der Waals surface area contributed by atoms with E-state index in [1.54, 1.807) is 0 Å². The van der Waals surface area contributed by atoms with Crippen LogP contribution in [0.2, 0.25) is 0 Å². The molecule has 0 bridgehead atoms. The largest absolute Gasteiger partial charge is 0.480 e. The minimum absolute atomic E-state index is 0.0170. The molecule has 0 fully saturated rings. The second kappa shape index (κ2) is 12.6. The number of hydrogen-bond acceptors (Lipinski definition) is 6. The van der Waals surface area contributed by atoms with Crippen LogP contribution in [-0.4, -0.2) is 55.0 Å². The number of amides is 1. The summed E-state index contributed by atoms with van der Waals surface area (Å²) >= 11 is 0. The lowest BCUT2D eigenvalue weighted by atomic mass is 10.0. The molecule has 2 rings (SSSR count). The molecular weight excluding hydrogens is 418 g/mol. The Morgan fingerprint density at radius 1 is 1.16 bits per heavy atom. The lowest BCUT2D eigenvalue weighted by Crippen LogP contribution is -2.40. The van der Waals surface area contributed by atoms with Gasteiger partial charge in [-0.1, -0.05) is 31.7 Å². The Morgan fingerprint density at radius 3 is 2.65 bits per heavy atom. The molecule has 0 aromatic carbocycles. The number of aryl methyl sites for hydroxylation is 2. The number of nitrogens with zero attached hydrogens (tertiary/aromatic N) is 1. The van der Waals surface area contributed by atoms with E-state index in [0.29, 0.717) is 6.42 Å². The molecule has 0 aliphatic carbocycles. The van der Waals surface area contributed by atoms with Gasteiger partial charge >= 0.3 is 5.97 Å². The third kappa shape index (κ3) is 10.1. The number of anilines is 1. The molecule has 0 saturated carbocycles. The average Bonchev–Trinajstić information content (AvgIpc) is 2.71. The molecule has 0 saturated heterocycles. The molecule has 8 nitrogen and oxygen atoms in total. The predicted octanol–water partition coefficient (Wildman–Crippen LogP) is 2.72. The van der Waals surface area contributed by atoms with Crippen molar-refractivity contribution in [2.45, 2.75) is 76.7 Å². The Labute approximate surface area is 185 Å². The number of unbranched alkanes of at least 4 members (excludes halogenated alkanes) is 4. The van der Waals surface area contributed by atoms with Crippen molar-refractivity contribution in [2.24, 2.45) is 0 Å². The van der Waals surface area contributed by atoms with Crippen molar-refractivity contribution in [3.05, 3.63) is 23.4 Å². The molecule has 1 aromatic heterocycles. The summed E-state index contributed by atoms with van der Waals surface area (Å²) in [5.74, 6) is -0.510. The first kappa shape index (κ1) is 25.1. The molecule has 9 heteroatoms. The molecular formula is C22H35N3O5S. The van der Waals surface area contributed by atoms with E-state index in [1.807, 2.05) is 0 Å². The van der Waals surface area contributed by atoms with Crippen molar-refractivity contribution in [1.82, 2.24) is 10.3 Å². The highest BCUT2D eigenvalue weighted by atomic mass is 32.2. The van der Waals surface area contributed by atoms with Crippen molar-refractivity contribution >= 4 is 27.5 Å². The van der Waals surface area contributed by atoms with Crippen LogP contribution in [0.15, 0.2) is 12.1 Å². The maximum absolute atomic E-state index is 11.9. The third-order valence-corrected chi connectivity index (χ3v) is 6.46. The van der Waals surface area contributed by atoms with Crippen LogP contribution < -0.4 is 10.6 Å². The minimum Gasteiger partial charge on any atom is -0.480 e. The zero-order valence-electron chi connectivity index (χ0n) is 18.4. The Morgan fingerprint density at radius 2 is 1.90 bits per heavy atom. The van der Waals surface area contributed by atoms with Gasteiger partial charge in [0.05, 0.1) is 5.75 Å². The quantitative estimate of drug-likeness (QED) is 0.370. The molecule has 0 radical (unpaired) electrons. The Balaban J connectivity index is 1.58. The standard InChI is InChI=1S/C22H35N3O5S/c1-31(29,30)16-8-12-20(26)25-19(22(27)28)11-6-4-2-3-5-10-18-14-13-17-9-7-15-23-21(17)24-18/h13-14,19H,2-12,15-16H2,1H3,(H,23,24)(H,25,26)(H,27,28)/t19-/m0/s1. The Hall–Kier alpha value is -2.16. The predicted molar refractivity (Wildman–Crippen MR) is 121 cm³/mol. The maximum atomic E-state index is 11.9. The molecule has 0 spiro atoms. The summed E-state index contributed by atoms with van der Waals surface area (Å²) in [6, 6.07) is 3.37. The monoisotopic (exact) mass is 453 g/mol. The van der Waals surface area contributed by atoms with Gasteiger partial charge < -0.3 is 15.7 Å². The van der Waals surface area contributed by atoms with Crippen molar-refractivity contribution in [3.8, 4) is 0 Å². The maximum Gasteiger partial charge on any atom is 0.326 e. The second-order valence-electron chi connectivity index (χ2n) is 8.34. The number of fused-ring (bicyclic) bond motifs is 1. The molecule has 0 unspecified atom stereocenters. The Bertz CT molecular complexity index is 842. The van der Waals surface area contributed by atoms with Gasteiger partial charge in [-0.25, -0.2) is 18.2 Å². The lowest BCUT2D eigenvalue weighted by molar-refractivity contribution is -0.142. The summed E-state index contributed by atoms with van der Waals surface area (Å²) in [6.07, 6.45) is 9.65. The fourth-order valence-corrected chi connectivity index (χ4v) is 4.38. The highest BCUT2D eigenvalue weighted by Gasteiger charge is 2.19. The first-order valence-electron chi connectivity index (χ1n) is 11.2. The van der Waals surface area contributed by atoms with E-state index in [-0.39, 0.29) is 18.6 Å². The number of carboxylic acid groups (broad SMARTS) is 1. The van der Waals surface area contributed by atoms with Crippen LogP contribution in [0.25, 0.3) is 0 Å². The summed E-state index contributed by atoms with van der Waals surface area (Å²) < 4.78 is 22.2. The van der Waals surface area contributed by atoms with Crippen molar-refractivity contribution in [3.63, 3.8) is 0 Å². The van der Waals surface area contributed by atoms with Crippen LogP contribution in [0, 0.1) is 0 Å². The SMILES string of the molecule is CS(=O)(=O)CCCC(=O)N[C@@H](CCCCCCCc1ccc2c(n1)NCCC2)C(=O)O. The van der Waals surface area contributed by atoms with Gasteiger partial charge in [0.1, 0.15) is 21.7 Å². The fraction of sp³-hybridized carbons (Fsp3) is 0.682. The Kier molecular flexibility index (Phi) is 10.2. The third-order valence-electron chi connectivity index (χ3n) is 5.43. The molecule has 2 heterocycles. The minimum atomic E-state index is -3.12. The first-order valence-corrected chi connectivity index (χ1v) is 13.2. The smallest absolute Gasteiger partial charge is 0.326 e. The van der Waals surface area contributed by atoms with Crippen LogP contribution >= 0.6 is 0 Å². The van der Waals surface area contributed by atoms with Gasteiger partial charge in [-0.2, -0.15) is 0 Å². The van der Waals surface area contributed by atoms with Gasteiger partial charge in [0.25, 0.3) is 0 Å². The molecule has 1 aromatic rings. The van der Waals surface area contributed by atoms with Gasteiger partial charge in [0.15, 0.2) is 0 Å². The van der Waals surface area contributed by atoms with Crippen LogP contribution in [0.4, 0.5) is 5.82 Å². The molecule has 3 N–H and O–H groups in total. The topological polar surface area (TPSA) is 125 Å². The second-order valence-corrected chi connectivity index (χ2v) is 10.6.